The Morgan fingerprint density at radius 2 is 2.39 bits per heavy atom. The van der Waals surface area contributed by atoms with E-state index < -0.39 is 0 Å². The van der Waals surface area contributed by atoms with Gasteiger partial charge < -0.3 is 10.6 Å². The largest absolute Gasteiger partial charge is 0.396 e. The number of anilines is 1. The maximum absolute atomic E-state index is 12.2. The predicted molar refractivity (Wildman–Crippen MR) is 70.2 cm³/mol. The minimum Gasteiger partial charge on any atom is -0.396 e. The first-order chi connectivity index (χ1) is 8.61. The second-order valence-electron chi connectivity index (χ2n) is 3.93. The third-order valence-electron chi connectivity index (χ3n) is 2.55. The molecule has 18 heavy (non-hydrogen) atoms. The number of amides is 1. The van der Waals surface area contributed by atoms with Crippen LogP contribution in [-0.2, 0) is 13.1 Å². The molecule has 0 aromatic carbocycles. The van der Waals surface area contributed by atoms with Crippen LogP contribution in [0.2, 0.25) is 0 Å². The molecular formula is C11H15N5OS. The van der Waals surface area contributed by atoms with Crippen LogP contribution in [-0.4, -0.2) is 32.6 Å². The number of hydrogen-bond donors (Lipinski definition) is 1. The van der Waals surface area contributed by atoms with Crippen LogP contribution in [0.5, 0.6) is 0 Å². The Hall–Kier alpha value is -1.89. The first-order valence-corrected chi connectivity index (χ1v) is 6.51. The van der Waals surface area contributed by atoms with Crippen molar-refractivity contribution >= 4 is 22.9 Å². The number of carbonyl (C=O) groups excluding carboxylic acids is 1. The summed E-state index contributed by atoms with van der Waals surface area (Å²) in [6, 6.07) is 0. The maximum atomic E-state index is 12.2. The van der Waals surface area contributed by atoms with Gasteiger partial charge in [-0.2, -0.15) is 5.10 Å². The van der Waals surface area contributed by atoms with Gasteiger partial charge >= 0.3 is 0 Å². The van der Waals surface area contributed by atoms with E-state index >= 15 is 0 Å². The van der Waals surface area contributed by atoms with Gasteiger partial charge in [0.1, 0.15) is 0 Å². The average Bonchev–Trinajstić information content (AvgIpc) is 2.97. The molecule has 0 aliphatic carbocycles. The Bertz CT molecular complexity index is 534. The third kappa shape index (κ3) is 2.51. The van der Waals surface area contributed by atoms with Gasteiger partial charge in [0.25, 0.3) is 5.91 Å². The van der Waals surface area contributed by atoms with Crippen molar-refractivity contribution in [2.45, 2.75) is 20.0 Å². The second kappa shape index (κ2) is 5.18. The fourth-order valence-electron chi connectivity index (χ4n) is 1.58. The highest BCUT2D eigenvalue weighted by Gasteiger charge is 2.19. The topological polar surface area (TPSA) is 77.0 Å². The van der Waals surface area contributed by atoms with E-state index in [4.69, 9.17) is 5.73 Å². The van der Waals surface area contributed by atoms with Crippen molar-refractivity contribution in [3.05, 3.63) is 28.5 Å². The molecule has 0 saturated heterocycles. The van der Waals surface area contributed by atoms with Gasteiger partial charge in [-0.25, -0.2) is 4.98 Å². The predicted octanol–water partition coefficient (Wildman–Crippen LogP) is 1.21. The lowest BCUT2D eigenvalue weighted by Crippen LogP contribution is -2.27. The van der Waals surface area contributed by atoms with Gasteiger partial charge in [-0.05, 0) is 6.92 Å². The summed E-state index contributed by atoms with van der Waals surface area (Å²) >= 11 is 1.51. The fraction of sp³-hybridized carbons (Fsp3) is 0.364. The Morgan fingerprint density at radius 1 is 1.61 bits per heavy atom. The van der Waals surface area contributed by atoms with Crippen molar-refractivity contribution in [1.29, 1.82) is 0 Å². The molecule has 0 radical (unpaired) electrons. The molecule has 2 rings (SSSR count). The van der Waals surface area contributed by atoms with Crippen molar-refractivity contribution < 1.29 is 4.79 Å². The number of aryl methyl sites for hydroxylation is 1. The molecule has 0 unspecified atom stereocenters. The molecule has 0 atom stereocenters. The molecule has 2 aromatic rings. The zero-order chi connectivity index (χ0) is 13.1. The number of aromatic nitrogens is 3. The van der Waals surface area contributed by atoms with Gasteiger partial charge in [0.15, 0.2) is 5.69 Å². The van der Waals surface area contributed by atoms with Gasteiger partial charge in [0.05, 0.1) is 23.4 Å². The number of carbonyl (C=O) groups is 1. The molecule has 0 fully saturated rings. The van der Waals surface area contributed by atoms with E-state index in [-0.39, 0.29) is 5.91 Å². The molecule has 0 saturated carbocycles. The zero-order valence-corrected chi connectivity index (χ0v) is 11.1. The summed E-state index contributed by atoms with van der Waals surface area (Å²) in [7, 11) is 1.71. The minimum absolute atomic E-state index is 0.187. The second-order valence-corrected chi connectivity index (χ2v) is 4.65. The normalized spacial score (nSPS) is 10.6. The van der Waals surface area contributed by atoms with Crippen molar-refractivity contribution in [3.8, 4) is 0 Å². The number of nitrogens with zero attached hydrogens (tertiary/aromatic N) is 4. The summed E-state index contributed by atoms with van der Waals surface area (Å²) in [5.41, 5.74) is 9.10. The van der Waals surface area contributed by atoms with Crippen LogP contribution in [0.3, 0.4) is 0 Å². The van der Waals surface area contributed by atoms with Gasteiger partial charge in [-0.1, -0.05) is 0 Å². The monoisotopic (exact) mass is 265 g/mol. The number of hydrogen-bond acceptors (Lipinski definition) is 5. The zero-order valence-electron chi connectivity index (χ0n) is 10.3. The summed E-state index contributed by atoms with van der Waals surface area (Å²) < 4.78 is 1.65. The van der Waals surface area contributed by atoms with Crippen LogP contribution < -0.4 is 5.73 Å². The molecule has 2 N–H and O–H groups in total. The summed E-state index contributed by atoms with van der Waals surface area (Å²) in [5, 5.41) is 6.08. The van der Waals surface area contributed by atoms with Gasteiger partial charge in [-0.3, -0.25) is 9.48 Å². The van der Waals surface area contributed by atoms with E-state index in [1.54, 1.807) is 28.3 Å². The smallest absolute Gasteiger partial charge is 0.276 e. The number of nitrogens with two attached hydrogens (primary N) is 1. The van der Waals surface area contributed by atoms with Crippen LogP contribution in [0.4, 0.5) is 5.69 Å². The first kappa shape index (κ1) is 12.6. The van der Waals surface area contributed by atoms with Gasteiger partial charge in [-0.15, -0.1) is 11.3 Å². The van der Waals surface area contributed by atoms with Gasteiger partial charge in [0, 0.05) is 25.2 Å². The van der Waals surface area contributed by atoms with E-state index in [2.05, 4.69) is 10.1 Å². The quantitative estimate of drug-likeness (QED) is 0.901. The summed E-state index contributed by atoms with van der Waals surface area (Å²) in [6.07, 6.45) is 1.67. The van der Waals surface area contributed by atoms with Crippen LogP contribution in [0, 0.1) is 0 Å². The molecule has 0 bridgehead atoms. The number of rotatable bonds is 4. The summed E-state index contributed by atoms with van der Waals surface area (Å²) in [4.78, 5) is 17.9. The molecule has 6 nitrogen and oxygen atoms in total. The highest BCUT2D eigenvalue weighted by Crippen LogP contribution is 2.13. The van der Waals surface area contributed by atoms with E-state index in [9.17, 15) is 4.79 Å². The number of thiazole rings is 1. The first-order valence-electron chi connectivity index (χ1n) is 5.57. The lowest BCUT2D eigenvalue weighted by molar-refractivity contribution is 0.0778. The molecule has 0 aliphatic heterocycles. The van der Waals surface area contributed by atoms with Crippen molar-refractivity contribution in [2.75, 3.05) is 12.8 Å². The summed E-state index contributed by atoms with van der Waals surface area (Å²) in [6.45, 7) is 3.09. The highest BCUT2D eigenvalue weighted by atomic mass is 32.1. The van der Waals surface area contributed by atoms with E-state index in [1.807, 2.05) is 12.3 Å². The molecule has 2 heterocycles. The molecular weight excluding hydrogens is 250 g/mol. The fourth-order valence-corrected chi connectivity index (χ4v) is 2.13. The SMILES string of the molecule is CCn1cc(N)c(C(=O)N(C)Cc2cscn2)n1. The minimum atomic E-state index is -0.187. The number of nitrogen functional groups attached to an aromatic ring is 1. The molecule has 96 valence electrons. The molecule has 0 aliphatic rings. The Kier molecular flexibility index (Phi) is 3.61. The van der Waals surface area contributed by atoms with Crippen LogP contribution >= 0.6 is 11.3 Å². The van der Waals surface area contributed by atoms with Gasteiger partial charge in [0.2, 0.25) is 0 Å². The van der Waals surface area contributed by atoms with Crippen LogP contribution in [0.1, 0.15) is 23.1 Å². The van der Waals surface area contributed by atoms with Crippen LogP contribution in [0.15, 0.2) is 17.1 Å². The van der Waals surface area contributed by atoms with Crippen molar-refractivity contribution in [1.82, 2.24) is 19.7 Å². The lowest BCUT2D eigenvalue weighted by Gasteiger charge is -2.14. The van der Waals surface area contributed by atoms with E-state index in [1.165, 1.54) is 11.3 Å². The highest BCUT2D eigenvalue weighted by molar-refractivity contribution is 7.07. The Morgan fingerprint density at radius 3 is 2.94 bits per heavy atom. The van der Waals surface area contributed by atoms with E-state index in [0.29, 0.717) is 24.5 Å². The third-order valence-corrected chi connectivity index (χ3v) is 3.18. The molecule has 0 spiro atoms. The lowest BCUT2D eigenvalue weighted by atomic mass is 10.3. The molecule has 7 heteroatoms. The Balaban J connectivity index is 2.12. The average molecular weight is 265 g/mol. The van der Waals surface area contributed by atoms with Crippen molar-refractivity contribution in [2.24, 2.45) is 0 Å². The van der Waals surface area contributed by atoms with Crippen molar-refractivity contribution in [3.63, 3.8) is 0 Å². The summed E-state index contributed by atoms with van der Waals surface area (Å²) in [5.74, 6) is -0.187. The Labute approximate surface area is 109 Å². The van der Waals surface area contributed by atoms with E-state index in [0.717, 1.165) is 5.69 Å². The molecule has 1 amide bonds. The maximum Gasteiger partial charge on any atom is 0.276 e. The molecule has 2 aromatic heterocycles. The standard InChI is InChI=1S/C11H15N5OS/c1-3-16-5-9(12)10(14-16)11(17)15(2)4-8-6-18-7-13-8/h5-7H,3-4,12H2,1-2H3. The van der Waals surface area contributed by atoms with Crippen LogP contribution in [0.25, 0.3) is 0 Å².